The Balaban J connectivity index is 2.44. The van der Waals surface area contributed by atoms with Gasteiger partial charge in [-0.3, -0.25) is 0 Å². The molecule has 4 heteroatoms. The Morgan fingerprint density at radius 3 is 2.80 bits per heavy atom. The quantitative estimate of drug-likeness (QED) is 0.779. The van der Waals surface area contributed by atoms with Gasteiger partial charge < -0.3 is 10.7 Å². The second-order valence-electron chi connectivity index (χ2n) is 4.68. The van der Waals surface area contributed by atoms with E-state index in [1.54, 1.807) is 6.20 Å². The molecule has 80 valence electrons. The lowest BCUT2D eigenvalue weighted by Crippen LogP contribution is -2.34. The van der Waals surface area contributed by atoms with Crippen LogP contribution in [0.5, 0.6) is 0 Å². The minimum Gasteiger partial charge on any atom is -0.340 e. The molecular weight excluding hydrogens is 188 g/mol. The standard InChI is InChI=1S/C11H16N4/c1-7-4-5-13-10-9(7)14-8(15-10)6-11(2,3)12/h4-5H,6,12H2,1-3H3,(H,13,14,15). The van der Waals surface area contributed by atoms with Crippen molar-refractivity contribution in [3.63, 3.8) is 0 Å². The fourth-order valence-corrected chi connectivity index (χ4v) is 1.60. The second-order valence-corrected chi connectivity index (χ2v) is 4.68. The van der Waals surface area contributed by atoms with Gasteiger partial charge in [0.05, 0.1) is 5.52 Å². The lowest BCUT2D eigenvalue weighted by molar-refractivity contribution is 0.505. The van der Waals surface area contributed by atoms with Crippen LogP contribution in [0.15, 0.2) is 12.3 Å². The molecule has 0 aliphatic carbocycles. The van der Waals surface area contributed by atoms with E-state index in [1.165, 1.54) is 0 Å². The summed E-state index contributed by atoms with van der Waals surface area (Å²) in [6, 6.07) is 1.97. The van der Waals surface area contributed by atoms with Crippen molar-refractivity contribution in [2.45, 2.75) is 32.7 Å². The molecule has 0 unspecified atom stereocenters. The Morgan fingerprint density at radius 1 is 1.47 bits per heavy atom. The molecule has 0 radical (unpaired) electrons. The van der Waals surface area contributed by atoms with Crippen LogP contribution in [0.4, 0.5) is 0 Å². The van der Waals surface area contributed by atoms with E-state index in [0.717, 1.165) is 29.0 Å². The van der Waals surface area contributed by atoms with E-state index >= 15 is 0 Å². The van der Waals surface area contributed by atoms with Gasteiger partial charge in [0, 0.05) is 18.2 Å². The number of pyridine rings is 1. The molecule has 0 aliphatic rings. The van der Waals surface area contributed by atoms with E-state index in [0.29, 0.717) is 0 Å². The first-order valence-electron chi connectivity index (χ1n) is 5.05. The highest BCUT2D eigenvalue weighted by Gasteiger charge is 2.15. The summed E-state index contributed by atoms with van der Waals surface area (Å²) in [6.07, 6.45) is 2.50. The lowest BCUT2D eigenvalue weighted by atomic mass is 10.0. The molecule has 0 saturated carbocycles. The number of aromatic nitrogens is 3. The number of nitrogens with one attached hydrogen (secondary N) is 1. The van der Waals surface area contributed by atoms with Crippen molar-refractivity contribution >= 4 is 11.2 Å². The minimum atomic E-state index is -0.248. The van der Waals surface area contributed by atoms with Gasteiger partial charge >= 0.3 is 0 Å². The fourth-order valence-electron chi connectivity index (χ4n) is 1.60. The average molecular weight is 204 g/mol. The van der Waals surface area contributed by atoms with Crippen LogP contribution in [0, 0.1) is 6.92 Å². The van der Waals surface area contributed by atoms with Gasteiger partial charge in [-0.25, -0.2) is 9.97 Å². The first-order valence-corrected chi connectivity index (χ1v) is 5.05. The number of fused-ring (bicyclic) bond motifs is 1. The lowest BCUT2D eigenvalue weighted by Gasteiger charge is -2.15. The number of hydrogen-bond donors (Lipinski definition) is 2. The molecule has 0 bridgehead atoms. The summed E-state index contributed by atoms with van der Waals surface area (Å²) in [6.45, 7) is 6.01. The predicted octanol–water partition coefficient (Wildman–Crippen LogP) is 1.55. The van der Waals surface area contributed by atoms with Gasteiger partial charge in [-0.05, 0) is 32.4 Å². The number of rotatable bonds is 2. The molecule has 3 N–H and O–H groups in total. The van der Waals surface area contributed by atoms with Gasteiger partial charge in [-0.15, -0.1) is 0 Å². The molecule has 0 amide bonds. The highest BCUT2D eigenvalue weighted by molar-refractivity contribution is 5.74. The van der Waals surface area contributed by atoms with Crippen molar-refractivity contribution in [1.82, 2.24) is 15.0 Å². The molecule has 0 aromatic carbocycles. The normalized spacial score (nSPS) is 12.3. The SMILES string of the molecule is Cc1ccnc2nc(CC(C)(C)N)[nH]c12. The Labute approximate surface area is 88.9 Å². The summed E-state index contributed by atoms with van der Waals surface area (Å²) in [5.74, 6) is 0.902. The summed E-state index contributed by atoms with van der Waals surface area (Å²) in [4.78, 5) is 11.9. The van der Waals surface area contributed by atoms with Gasteiger partial charge in [0.25, 0.3) is 0 Å². The molecule has 2 heterocycles. The van der Waals surface area contributed by atoms with Crippen molar-refractivity contribution in [1.29, 1.82) is 0 Å². The molecule has 2 rings (SSSR count). The Hall–Kier alpha value is -1.42. The van der Waals surface area contributed by atoms with Crippen molar-refractivity contribution < 1.29 is 0 Å². The molecule has 0 saturated heterocycles. The molecule has 0 fully saturated rings. The van der Waals surface area contributed by atoms with Gasteiger partial charge in [0.1, 0.15) is 5.82 Å². The molecule has 4 nitrogen and oxygen atoms in total. The van der Waals surface area contributed by atoms with E-state index in [2.05, 4.69) is 15.0 Å². The molecule has 0 atom stereocenters. The molecule has 15 heavy (non-hydrogen) atoms. The molecule has 0 spiro atoms. The topological polar surface area (TPSA) is 67.6 Å². The number of H-pyrrole nitrogens is 1. The van der Waals surface area contributed by atoms with Gasteiger partial charge in [-0.2, -0.15) is 0 Å². The summed E-state index contributed by atoms with van der Waals surface area (Å²) in [5.41, 5.74) is 8.64. The third kappa shape index (κ3) is 2.15. The van der Waals surface area contributed by atoms with Crippen LogP contribution in [-0.4, -0.2) is 20.5 Å². The van der Waals surface area contributed by atoms with Crippen LogP contribution in [0.1, 0.15) is 25.2 Å². The zero-order valence-electron chi connectivity index (χ0n) is 9.33. The number of imidazole rings is 1. The zero-order valence-corrected chi connectivity index (χ0v) is 9.33. The average Bonchev–Trinajstić information content (AvgIpc) is 2.45. The minimum absolute atomic E-state index is 0.248. The fraction of sp³-hybridized carbons (Fsp3) is 0.455. The molecule has 0 aliphatic heterocycles. The van der Waals surface area contributed by atoms with Crippen LogP contribution in [-0.2, 0) is 6.42 Å². The summed E-state index contributed by atoms with van der Waals surface area (Å²) in [5, 5.41) is 0. The predicted molar refractivity (Wildman–Crippen MR) is 60.6 cm³/mol. The number of hydrogen-bond acceptors (Lipinski definition) is 3. The molecule has 2 aromatic heterocycles. The first-order chi connectivity index (χ1) is 6.96. The van der Waals surface area contributed by atoms with E-state index in [-0.39, 0.29) is 5.54 Å². The van der Waals surface area contributed by atoms with Crippen LogP contribution in [0.3, 0.4) is 0 Å². The number of nitrogens with two attached hydrogens (primary N) is 1. The van der Waals surface area contributed by atoms with Gasteiger partial charge in [0.2, 0.25) is 0 Å². The second kappa shape index (κ2) is 3.31. The molecular formula is C11H16N4. The maximum atomic E-state index is 5.95. The first kappa shape index (κ1) is 10.1. The molecule has 2 aromatic rings. The maximum Gasteiger partial charge on any atom is 0.177 e. The van der Waals surface area contributed by atoms with E-state index in [4.69, 9.17) is 5.73 Å². The van der Waals surface area contributed by atoms with Crippen molar-refractivity contribution in [3.05, 3.63) is 23.7 Å². The van der Waals surface area contributed by atoms with Crippen LogP contribution in [0.2, 0.25) is 0 Å². The monoisotopic (exact) mass is 204 g/mol. The highest BCUT2D eigenvalue weighted by Crippen LogP contribution is 2.15. The Kier molecular flexibility index (Phi) is 2.23. The van der Waals surface area contributed by atoms with Crippen LogP contribution < -0.4 is 5.73 Å². The zero-order chi connectivity index (χ0) is 11.1. The number of nitrogens with zero attached hydrogens (tertiary/aromatic N) is 2. The van der Waals surface area contributed by atoms with E-state index < -0.39 is 0 Å². The van der Waals surface area contributed by atoms with Gasteiger partial charge in [-0.1, -0.05) is 0 Å². The summed E-state index contributed by atoms with van der Waals surface area (Å²) < 4.78 is 0. The Morgan fingerprint density at radius 2 is 2.20 bits per heavy atom. The van der Waals surface area contributed by atoms with Crippen molar-refractivity contribution in [2.75, 3.05) is 0 Å². The largest absolute Gasteiger partial charge is 0.340 e. The maximum absolute atomic E-state index is 5.95. The Bertz CT molecular complexity index is 479. The van der Waals surface area contributed by atoms with Crippen LogP contribution >= 0.6 is 0 Å². The summed E-state index contributed by atoms with van der Waals surface area (Å²) >= 11 is 0. The van der Waals surface area contributed by atoms with E-state index in [9.17, 15) is 0 Å². The third-order valence-electron chi connectivity index (χ3n) is 2.27. The van der Waals surface area contributed by atoms with Crippen molar-refractivity contribution in [3.8, 4) is 0 Å². The van der Waals surface area contributed by atoms with Crippen molar-refractivity contribution in [2.24, 2.45) is 5.73 Å². The summed E-state index contributed by atoms with van der Waals surface area (Å²) in [7, 11) is 0. The highest BCUT2D eigenvalue weighted by atomic mass is 15.0. The number of aromatic amines is 1. The third-order valence-corrected chi connectivity index (χ3v) is 2.27. The van der Waals surface area contributed by atoms with Crippen LogP contribution in [0.25, 0.3) is 11.2 Å². The van der Waals surface area contributed by atoms with Gasteiger partial charge in [0.15, 0.2) is 5.65 Å². The smallest absolute Gasteiger partial charge is 0.177 e. The number of aryl methyl sites for hydroxylation is 1. The van der Waals surface area contributed by atoms with E-state index in [1.807, 2.05) is 26.8 Å².